The number of carbonyl (C=O) groups is 1. The topological polar surface area (TPSA) is 55.4 Å². The molecule has 0 bridgehead atoms. The van der Waals surface area contributed by atoms with E-state index in [1.807, 2.05) is 6.92 Å². The molecule has 0 aliphatic carbocycles. The monoisotopic (exact) mass is 186 g/mol. The number of alkyl carbamates (subject to hydrolysis) is 1. The first-order chi connectivity index (χ1) is 6.24. The van der Waals surface area contributed by atoms with Gasteiger partial charge in [0.25, 0.3) is 0 Å². The summed E-state index contributed by atoms with van der Waals surface area (Å²) in [5.41, 5.74) is 0. The zero-order chi connectivity index (χ0) is 10.1. The molecule has 1 N–H and O–H groups in total. The Bertz CT molecular complexity index is 159. The lowest BCUT2D eigenvalue weighted by molar-refractivity contribution is 0.142. The average Bonchev–Trinajstić information content (AvgIpc) is 2.14. The summed E-state index contributed by atoms with van der Waals surface area (Å²) < 4.78 is 4.79. The highest BCUT2D eigenvalue weighted by Crippen LogP contribution is 1.91. The van der Waals surface area contributed by atoms with Gasteiger partial charge in [-0.25, -0.2) is 4.79 Å². The second-order valence-corrected chi connectivity index (χ2v) is 2.71. The number of hydrogen-bond donors (Lipinski definition) is 1. The van der Waals surface area contributed by atoms with Crippen LogP contribution in [-0.4, -0.2) is 25.0 Å². The second kappa shape index (κ2) is 7.58. The predicted molar refractivity (Wildman–Crippen MR) is 49.2 cm³/mol. The number of carbonyl (C=O) groups excluding carboxylic acids is 2. The summed E-state index contributed by atoms with van der Waals surface area (Å²) in [7, 11) is 0. The van der Waals surface area contributed by atoms with Crippen molar-refractivity contribution in [3.63, 3.8) is 0 Å². The molecule has 0 heterocycles. The number of ether oxygens (including phenoxy) is 1. The summed E-state index contributed by atoms with van der Waals surface area (Å²) in [6.07, 6.45) is 3.53. The van der Waals surface area contributed by atoms with Crippen LogP contribution in [0.1, 0.15) is 33.1 Å². The lowest BCUT2D eigenvalue weighted by atomic mass is 10.3. The summed E-state index contributed by atoms with van der Waals surface area (Å²) in [6.45, 7) is 4.20. The molecule has 0 saturated heterocycles. The lowest BCUT2D eigenvalue weighted by Crippen LogP contribution is -2.35. The maximum Gasteiger partial charge on any atom is 0.407 e. The van der Waals surface area contributed by atoms with E-state index in [0.29, 0.717) is 13.0 Å². The highest BCUT2D eigenvalue weighted by Gasteiger charge is 2.09. The molecule has 0 aromatic rings. The molecule has 0 aliphatic rings. The SMILES string of the molecule is CCCCOC(=O)NC([C]=O)CC. The van der Waals surface area contributed by atoms with E-state index in [4.69, 9.17) is 4.74 Å². The molecule has 75 valence electrons. The molecule has 13 heavy (non-hydrogen) atoms. The molecule has 0 aromatic heterocycles. The van der Waals surface area contributed by atoms with Crippen molar-refractivity contribution in [2.45, 2.75) is 39.2 Å². The summed E-state index contributed by atoms with van der Waals surface area (Å²) >= 11 is 0. The molecule has 0 aromatic carbocycles. The highest BCUT2D eigenvalue weighted by atomic mass is 16.5. The van der Waals surface area contributed by atoms with Crippen LogP contribution in [0.2, 0.25) is 0 Å². The van der Waals surface area contributed by atoms with Crippen molar-refractivity contribution >= 4 is 12.4 Å². The van der Waals surface area contributed by atoms with Crippen molar-refractivity contribution in [2.75, 3.05) is 6.61 Å². The van der Waals surface area contributed by atoms with Gasteiger partial charge in [0.15, 0.2) is 0 Å². The van der Waals surface area contributed by atoms with Gasteiger partial charge >= 0.3 is 6.09 Å². The quantitative estimate of drug-likeness (QED) is 0.638. The normalized spacial score (nSPS) is 11.8. The van der Waals surface area contributed by atoms with E-state index in [2.05, 4.69) is 5.32 Å². The van der Waals surface area contributed by atoms with E-state index < -0.39 is 12.1 Å². The van der Waals surface area contributed by atoms with Crippen molar-refractivity contribution in [1.29, 1.82) is 0 Å². The summed E-state index contributed by atoms with van der Waals surface area (Å²) in [5, 5.41) is 2.39. The molecular weight excluding hydrogens is 170 g/mol. The third kappa shape index (κ3) is 6.13. The molecule has 0 saturated carbocycles. The van der Waals surface area contributed by atoms with E-state index in [9.17, 15) is 9.59 Å². The zero-order valence-electron chi connectivity index (χ0n) is 8.13. The number of rotatable bonds is 6. The minimum absolute atomic E-state index is 0.400. The van der Waals surface area contributed by atoms with Crippen LogP contribution in [-0.2, 0) is 9.53 Å². The van der Waals surface area contributed by atoms with Gasteiger partial charge in [0.1, 0.15) is 0 Å². The van der Waals surface area contributed by atoms with Gasteiger partial charge in [0.05, 0.1) is 12.6 Å². The van der Waals surface area contributed by atoms with E-state index in [-0.39, 0.29) is 0 Å². The van der Waals surface area contributed by atoms with E-state index in [1.54, 1.807) is 13.2 Å². The second-order valence-electron chi connectivity index (χ2n) is 2.71. The number of hydrogen-bond acceptors (Lipinski definition) is 3. The fraction of sp³-hybridized carbons (Fsp3) is 0.778. The Morgan fingerprint density at radius 1 is 1.54 bits per heavy atom. The lowest BCUT2D eigenvalue weighted by Gasteiger charge is -2.09. The Morgan fingerprint density at radius 3 is 2.69 bits per heavy atom. The van der Waals surface area contributed by atoms with Crippen molar-refractivity contribution in [1.82, 2.24) is 5.32 Å². The van der Waals surface area contributed by atoms with Crippen LogP contribution in [0.25, 0.3) is 0 Å². The van der Waals surface area contributed by atoms with Crippen molar-refractivity contribution in [3.05, 3.63) is 0 Å². The van der Waals surface area contributed by atoms with Gasteiger partial charge in [0, 0.05) is 0 Å². The minimum atomic E-state index is -0.547. The van der Waals surface area contributed by atoms with E-state index in [1.165, 1.54) is 0 Å². The molecule has 1 unspecified atom stereocenters. The van der Waals surface area contributed by atoms with Crippen LogP contribution >= 0.6 is 0 Å². The minimum Gasteiger partial charge on any atom is -0.450 e. The van der Waals surface area contributed by atoms with Gasteiger partial charge in [-0.2, -0.15) is 0 Å². The summed E-state index contributed by atoms with van der Waals surface area (Å²) in [6, 6.07) is -0.547. The molecule has 0 rings (SSSR count). The van der Waals surface area contributed by atoms with Gasteiger partial charge in [-0.05, 0) is 12.8 Å². The third-order valence-electron chi connectivity index (χ3n) is 1.57. The molecule has 0 aliphatic heterocycles. The first-order valence-electron chi connectivity index (χ1n) is 4.55. The molecule has 1 radical (unpaired) electrons. The fourth-order valence-corrected chi connectivity index (χ4v) is 0.708. The highest BCUT2D eigenvalue weighted by molar-refractivity contribution is 5.73. The zero-order valence-corrected chi connectivity index (χ0v) is 8.13. The van der Waals surface area contributed by atoms with Crippen LogP contribution in [0.5, 0.6) is 0 Å². The van der Waals surface area contributed by atoms with Crippen LogP contribution in [0.15, 0.2) is 0 Å². The molecule has 0 spiro atoms. The van der Waals surface area contributed by atoms with E-state index >= 15 is 0 Å². The molecular formula is C9H16NO3. The first kappa shape index (κ1) is 11.9. The Hall–Kier alpha value is -1.06. The largest absolute Gasteiger partial charge is 0.450 e. The smallest absolute Gasteiger partial charge is 0.407 e. The Labute approximate surface area is 78.6 Å². The van der Waals surface area contributed by atoms with Gasteiger partial charge in [-0.3, -0.25) is 4.79 Å². The summed E-state index contributed by atoms with van der Waals surface area (Å²) in [4.78, 5) is 21.1. The predicted octanol–water partition coefficient (Wildman–Crippen LogP) is 1.40. The molecule has 4 nitrogen and oxygen atoms in total. The van der Waals surface area contributed by atoms with Crippen molar-refractivity contribution in [2.24, 2.45) is 0 Å². The number of unbranched alkanes of at least 4 members (excludes halogenated alkanes) is 1. The Morgan fingerprint density at radius 2 is 2.23 bits per heavy atom. The fourth-order valence-electron chi connectivity index (χ4n) is 0.708. The van der Waals surface area contributed by atoms with Crippen molar-refractivity contribution < 1.29 is 14.3 Å². The maximum atomic E-state index is 10.9. The van der Waals surface area contributed by atoms with Crippen LogP contribution in [0, 0.1) is 0 Å². The summed E-state index contributed by atoms with van der Waals surface area (Å²) in [5.74, 6) is 0. The number of amides is 1. The molecule has 1 amide bonds. The first-order valence-corrected chi connectivity index (χ1v) is 4.55. The Balaban J connectivity index is 3.54. The maximum absolute atomic E-state index is 10.9. The molecule has 0 fully saturated rings. The van der Waals surface area contributed by atoms with Crippen LogP contribution in [0.4, 0.5) is 4.79 Å². The van der Waals surface area contributed by atoms with Crippen LogP contribution < -0.4 is 5.32 Å². The molecule has 4 heteroatoms. The Kier molecular flexibility index (Phi) is 6.96. The standard InChI is InChI=1S/C9H16NO3/c1-3-5-6-13-9(12)10-8(4-2)7-11/h8H,3-6H2,1-2H3,(H,10,12). The van der Waals surface area contributed by atoms with Gasteiger partial charge in [0.2, 0.25) is 6.29 Å². The van der Waals surface area contributed by atoms with Gasteiger partial charge < -0.3 is 10.1 Å². The van der Waals surface area contributed by atoms with Gasteiger partial charge in [-0.15, -0.1) is 0 Å². The average molecular weight is 186 g/mol. The third-order valence-corrected chi connectivity index (χ3v) is 1.57. The molecule has 1 atom stereocenters. The van der Waals surface area contributed by atoms with Crippen LogP contribution in [0.3, 0.4) is 0 Å². The van der Waals surface area contributed by atoms with E-state index in [0.717, 1.165) is 12.8 Å². The number of nitrogens with one attached hydrogen (secondary N) is 1. The van der Waals surface area contributed by atoms with Gasteiger partial charge in [-0.1, -0.05) is 20.3 Å². The van der Waals surface area contributed by atoms with Crippen molar-refractivity contribution in [3.8, 4) is 0 Å².